The number of imide groups is 1. The Morgan fingerprint density at radius 2 is 1.84 bits per heavy atom. The molecule has 104 valence electrons. The highest BCUT2D eigenvalue weighted by atomic mass is 35.5. The summed E-state index contributed by atoms with van der Waals surface area (Å²) < 4.78 is 0. The quantitative estimate of drug-likeness (QED) is 0.623. The highest BCUT2D eigenvalue weighted by molar-refractivity contribution is 6.23. The molecule has 0 radical (unpaired) electrons. The monoisotopic (exact) mass is 283 g/mol. The minimum atomic E-state index is -0.849. The molecule has 5 nitrogen and oxygen atoms in total. The molecule has 1 N–H and O–H groups in total. The van der Waals surface area contributed by atoms with Crippen LogP contribution in [0, 0.1) is 11.3 Å². The second kappa shape index (κ2) is 5.79. The number of halogens is 1. The Bertz CT molecular complexity index is 411. The Morgan fingerprint density at radius 1 is 1.26 bits per heavy atom. The number of nitriles is 1. The van der Waals surface area contributed by atoms with Crippen molar-refractivity contribution in [3.8, 4) is 6.07 Å². The topological polar surface area (TPSA) is 73.2 Å². The zero-order chi connectivity index (χ0) is 13.9. The molecule has 0 aromatic heterocycles. The van der Waals surface area contributed by atoms with Crippen molar-refractivity contribution >= 4 is 23.5 Å². The molecule has 1 aliphatic carbocycles. The highest BCUT2D eigenvalue weighted by Crippen LogP contribution is 2.32. The molecular weight excluding hydrogens is 266 g/mol. The number of alkyl halides is 1. The van der Waals surface area contributed by atoms with E-state index in [1.807, 2.05) is 6.07 Å². The van der Waals surface area contributed by atoms with E-state index in [0.29, 0.717) is 12.8 Å². The Labute approximate surface area is 117 Å². The lowest BCUT2D eigenvalue weighted by atomic mass is 9.84. The Kier molecular flexibility index (Phi) is 4.31. The van der Waals surface area contributed by atoms with E-state index >= 15 is 0 Å². The fourth-order valence-electron chi connectivity index (χ4n) is 2.89. The molecular formula is C13H18ClN3O2. The summed E-state index contributed by atoms with van der Waals surface area (Å²) in [7, 11) is 0. The number of hydrogen-bond acceptors (Lipinski definition) is 3. The van der Waals surface area contributed by atoms with Gasteiger partial charge in [-0.1, -0.05) is 32.1 Å². The van der Waals surface area contributed by atoms with Gasteiger partial charge in [0.2, 0.25) is 0 Å². The van der Waals surface area contributed by atoms with Gasteiger partial charge in [0.1, 0.15) is 10.9 Å². The smallest absolute Gasteiger partial charge is 0.323 e. The number of nitrogens with one attached hydrogen (secondary N) is 1. The predicted molar refractivity (Wildman–Crippen MR) is 70.5 cm³/mol. The van der Waals surface area contributed by atoms with Gasteiger partial charge in [0.05, 0.1) is 12.6 Å². The third-order valence-electron chi connectivity index (χ3n) is 3.94. The van der Waals surface area contributed by atoms with Gasteiger partial charge in [0, 0.05) is 0 Å². The molecule has 1 saturated heterocycles. The van der Waals surface area contributed by atoms with Gasteiger partial charge in [-0.05, 0) is 12.8 Å². The molecule has 1 spiro atoms. The summed E-state index contributed by atoms with van der Waals surface area (Å²) in [5.74, 6) is -0.208. The summed E-state index contributed by atoms with van der Waals surface area (Å²) in [6, 6.07) is 1.43. The number of rotatable bonds is 2. The van der Waals surface area contributed by atoms with Crippen LogP contribution in [0.15, 0.2) is 0 Å². The number of amides is 3. The molecule has 2 rings (SSSR count). The van der Waals surface area contributed by atoms with E-state index in [-0.39, 0.29) is 12.5 Å². The molecule has 19 heavy (non-hydrogen) atoms. The van der Waals surface area contributed by atoms with Gasteiger partial charge in [-0.25, -0.2) is 4.79 Å². The summed E-state index contributed by atoms with van der Waals surface area (Å²) in [5.41, 5.74) is -0.746. The Hall–Kier alpha value is -1.28. The van der Waals surface area contributed by atoms with Crippen molar-refractivity contribution in [1.29, 1.82) is 5.26 Å². The Morgan fingerprint density at radius 3 is 2.42 bits per heavy atom. The molecule has 1 atom stereocenters. The van der Waals surface area contributed by atoms with E-state index in [2.05, 4.69) is 5.32 Å². The first-order valence-corrected chi connectivity index (χ1v) is 7.20. The van der Waals surface area contributed by atoms with Gasteiger partial charge >= 0.3 is 6.03 Å². The van der Waals surface area contributed by atoms with Crippen LogP contribution in [0.1, 0.15) is 44.9 Å². The maximum atomic E-state index is 12.5. The first-order chi connectivity index (χ1) is 9.09. The average Bonchev–Trinajstić information content (AvgIpc) is 2.59. The summed E-state index contributed by atoms with van der Waals surface area (Å²) in [5, 5.41) is 10.7. The average molecular weight is 284 g/mol. The third kappa shape index (κ3) is 2.84. The first kappa shape index (κ1) is 14.1. The summed E-state index contributed by atoms with van der Waals surface area (Å²) in [6.07, 6.45) is 6.66. The molecule has 1 unspecified atom stereocenters. The summed E-state index contributed by atoms with van der Waals surface area (Å²) >= 11 is 5.73. The van der Waals surface area contributed by atoms with E-state index < -0.39 is 16.9 Å². The molecule has 0 aromatic rings. The lowest BCUT2D eigenvalue weighted by molar-refractivity contribution is -0.132. The zero-order valence-electron chi connectivity index (χ0n) is 10.8. The second-order valence-electron chi connectivity index (χ2n) is 5.29. The highest BCUT2D eigenvalue weighted by Gasteiger charge is 2.50. The van der Waals surface area contributed by atoms with Gasteiger partial charge in [-0.3, -0.25) is 9.69 Å². The van der Waals surface area contributed by atoms with Crippen LogP contribution in [0.3, 0.4) is 0 Å². The number of carbonyl (C=O) groups is 2. The van der Waals surface area contributed by atoms with Crippen LogP contribution in [0.2, 0.25) is 0 Å². The van der Waals surface area contributed by atoms with Crippen LogP contribution in [-0.4, -0.2) is 34.3 Å². The van der Waals surface area contributed by atoms with Gasteiger partial charge < -0.3 is 5.32 Å². The van der Waals surface area contributed by atoms with Crippen LogP contribution < -0.4 is 5.32 Å². The van der Waals surface area contributed by atoms with Gasteiger partial charge in [-0.15, -0.1) is 11.6 Å². The predicted octanol–water partition coefficient (Wildman–Crippen LogP) is 2.15. The molecule has 2 aliphatic rings. The molecule has 2 fully saturated rings. The lowest BCUT2D eigenvalue weighted by Crippen LogP contribution is -2.47. The maximum absolute atomic E-state index is 12.5. The van der Waals surface area contributed by atoms with E-state index in [1.165, 1.54) is 6.42 Å². The van der Waals surface area contributed by atoms with Crippen LogP contribution in [0.4, 0.5) is 4.79 Å². The van der Waals surface area contributed by atoms with Crippen molar-refractivity contribution in [1.82, 2.24) is 10.2 Å². The third-order valence-corrected chi connectivity index (χ3v) is 4.17. The Balaban J connectivity index is 2.13. The van der Waals surface area contributed by atoms with Crippen molar-refractivity contribution in [2.75, 3.05) is 6.54 Å². The van der Waals surface area contributed by atoms with Crippen LogP contribution in [0.5, 0.6) is 0 Å². The minimum absolute atomic E-state index is 0.0372. The van der Waals surface area contributed by atoms with E-state index in [0.717, 1.165) is 30.6 Å². The van der Waals surface area contributed by atoms with Crippen LogP contribution in [0.25, 0.3) is 0 Å². The maximum Gasteiger partial charge on any atom is 0.325 e. The molecule has 3 amide bonds. The first-order valence-electron chi connectivity index (χ1n) is 6.77. The van der Waals surface area contributed by atoms with Gasteiger partial charge in [-0.2, -0.15) is 5.26 Å². The van der Waals surface area contributed by atoms with Gasteiger partial charge in [0.25, 0.3) is 5.91 Å². The van der Waals surface area contributed by atoms with Crippen molar-refractivity contribution in [2.24, 2.45) is 0 Å². The SMILES string of the molecule is N#CC(Cl)CN1C(=O)NC2(CCCCCCC2)C1=O. The molecule has 1 saturated carbocycles. The number of carbonyl (C=O) groups excluding carboxylic acids is 2. The van der Waals surface area contributed by atoms with Crippen molar-refractivity contribution < 1.29 is 9.59 Å². The minimum Gasteiger partial charge on any atom is -0.323 e. The normalized spacial score (nSPS) is 24.5. The molecule has 6 heteroatoms. The van der Waals surface area contributed by atoms with E-state index in [1.54, 1.807) is 0 Å². The summed E-state index contributed by atoms with van der Waals surface area (Å²) in [4.78, 5) is 25.5. The van der Waals surface area contributed by atoms with Crippen molar-refractivity contribution in [3.63, 3.8) is 0 Å². The van der Waals surface area contributed by atoms with Crippen LogP contribution >= 0.6 is 11.6 Å². The standard InChI is InChI=1S/C13H18ClN3O2/c14-10(8-15)9-17-11(18)13(16-12(17)19)6-4-2-1-3-5-7-13/h10H,1-7,9H2,(H,16,19). The molecule has 0 bridgehead atoms. The fourth-order valence-corrected chi connectivity index (χ4v) is 3.03. The molecule has 1 aliphatic heterocycles. The van der Waals surface area contributed by atoms with Crippen molar-refractivity contribution in [2.45, 2.75) is 55.9 Å². The molecule has 0 aromatic carbocycles. The lowest BCUT2D eigenvalue weighted by Gasteiger charge is -2.28. The summed E-state index contributed by atoms with van der Waals surface area (Å²) in [6.45, 7) is -0.0372. The largest absolute Gasteiger partial charge is 0.325 e. The van der Waals surface area contributed by atoms with Crippen molar-refractivity contribution in [3.05, 3.63) is 0 Å². The fraction of sp³-hybridized carbons (Fsp3) is 0.769. The zero-order valence-corrected chi connectivity index (χ0v) is 11.6. The number of nitrogens with zero attached hydrogens (tertiary/aromatic N) is 2. The van der Waals surface area contributed by atoms with Crippen LogP contribution in [-0.2, 0) is 4.79 Å². The van der Waals surface area contributed by atoms with Gasteiger partial charge in [0.15, 0.2) is 0 Å². The number of hydrogen-bond donors (Lipinski definition) is 1. The van der Waals surface area contributed by atoms with E-state index in [4.69, 9.17) is 16.9 Å². The second-order valence-corrected chi connectivity index (χ2v) is 5.82. The molecule has 1 heterocycles. The number of urea groups is 1. The van der Waals surface area contributed by atoms with E-state index in [9.17, 15) is 9.59 Å².